The van der Waals surface area contributed by atoms with Gasteiger partial charge in [-0.2, -0.15) is 25.5 Å². The molecule has 135 heavy (non-hydrogen) atoms. The summed E-state index contributed by atoms with van der Waals surface area (Å²) in [4.78, 5) is 42.5. The fraction of sp³-hybridized carbons (Fsp3) is 0.333. The molecule has 0 amide bonds. The Morgan fingerprint density at radius 3 is 1.12 bits per heavy atom. The Morgan fingerprint density at radius 2 is 0.763 bits per heavy atom. The summed E-state index contributed by atoms with van der Waals surface area (Å²) in [6, 6.07) is 29.7. The number of nitrogens with zero attached hydrogens (tertiary/aromatic N) is 14. The van der Waals surface area contributed by atoms with Crippen LogP contribution in [0, 0.1) is 57.8 Å². The molecule has 38 nitrogen and oxygen atoms in total. The van der Waals surface area contributed by atoms with Crippen molar-refractivity contribution in [2.75, 3.05) is 38.1 Å². The predicted molar refractivity (Wildman–Crippen MR) is 545 cm³/mol. The minimum absolute atomic E-state index is 0. The molecular formula is C87H115ClN28O10S9. The van der Waals surface area contributed by atoms with Gasteiger partial charge in [-0.3, -0.25) is 25.5 Å². The molecule has 19 rings (SSSR count). The second-order valence-corrected chi connectivity index (χ2v) is 49.1. The van der Waals surface area contributed by atoms with E-state index in [1.165, 1.54) is 82.4 Å². The number of sulfonamides is 4. The third kappa shape index (κ3) is 26.6. The second kappa shape index (κ2) is 39.8. The molecule has 14 aromatic heterocycles. The van der Waals surface area contributed by atoms with E-state index in [0.29, 0.717) is 164 Å². The highest BCUT2D eigenvalue weighted by Crippen LogP contribution is 2.45. The average Bonchev–Trinajstić information content (AvgIpc) is 1.68. The number of halogens is 1. The number of aryl methyl sites for hydroxylation is 4. The van der Waals surface area contributed by atoms with Crippen LogP contribution in [0.4, 0.5) is 58.2 Å². The molecule has 48 heteroatoms. The van der Waals surface area contributed by atoms with Crippen molar-refractivity contribution in [3.63, 3.8) is 0 Å². The van der Waals surface area contributed by atoms with Gasteiger partial charge in [0.2, 0.25) is 30.1 Å². The van der Waals surface area contributed by atoms with Crippen LogP contribution in [0.1, 0.15) is 216 Å². The Hall–Kier alpha value is -11.9. The van der Waals surface area contributed by atoms with Crippen molar-refractivity contribution in [3.8, 4) is 67.5 Å². The standard InChI is InChI=1S/C21H24N6O2S2.C19H26N4O2S.C17H16N6O2S2.C15H15ClN6O2S2.C15H16N6O2S2.9H2/c1-6-14-12(2)22-20(16-9-10-18(30-16)31(28,29)27-21(3,4)5)24-19(14)23-17-11-15(25-26-17)13-7-8-13;1-19(2,3)13-26(24,25)11-5-7-15-6-4-8-17(20-15)21-18-12-16(22-23-18)14-9-10-14;1-3-11-9(2)19-17(13-6-7-15(26-13)27(18,24)25)21-16(11)20-14-8-12(22-23-14)10-4-5-10;1-7-13(16)15(19-11-6-9(21-22-11)8-2-3-8)20-14(18-7)10-4-5-12(25-10)26(17,23)24;1-8-6-12(18-13-7-10(20-21-13)9-2-3-9)19-15(17-8)11-4-5-14(24-11)25(16,22)23;;;;;;;;;/h1,9-11,13,27H,7-8H2,2-5H3,(H2,22,23,24,25,26);4-8,12,14H,9-11,13H2,1-3H3,(H2,20,21,22,23);1,6-8,10H,4-5H2,2H3,(H2,18,24,25)(H2,19,20,21,22,23);4-6,8H,2-3H2,1H3,(H2,17,23,24)(H2,18,19,20,21,22);4-7,9H,2-3H2,1H3,(H2,16,22,23)(H2,17,18,19,20,21);9*1H/b;7-5+;;;;;;;;;;;;. The highest BCUT2D eigenvalue weighted by atomic mass is 35.5. The zero-order valence-electron chi connectivity index (χ0n) is 74.6. The first-order valence-electron chi connectivity index (χ1n) is 42.4. The van der Waals surface area contributed by atoms with Gasteiger partial charge in [0.25, 0.3) is 10.0 Å². The van der Waals surface area contributed by atoms with Crippen LogP contribution in [0.25, 0.3) is 48.9 Å². The number of rotatable bonds is 28. The first kappa shape index (κ1) is 97.6. The number of hydrogen-bond acceptors (Lipinski definition) is 33. The highest BCUT2D eigenvalue weighted by Gasteiger charge is 2.33. The number of nitrogens with two attached hydrogens (primary N) is 3. The van der Waals surface area contributed by atoms with E-state index in [1.807, 2.05) is 82.3 Å². The van der Waals surface area contributed by atoms with Gasteiger partial charge in [-0.15, -0.1) is 58.2 Å². The van der Waals surface area contributed by atoms with Gasteiger partial charge in [-0.25, -0.2) is 107 Å². The molecule has 5 aliphatic carbocycles. The topological polar surface area (TPSA) is 580 Å². The third-order valence-corrected chi connectivity index (χ3v) is 33.8. The maximum atomic E-state index is 12.6. The van der Waals surface area contributed by atoms with Gasteiger partial charge in [0.15, 0.2) is 79.7 Å². The lowest BCUT2D eigenvalue weighted by Crippen LogP contribution is -2.40. The normalized spacial score (nSPS) is 14.6. The van der Waals surface area contributed by atoms with Crippen LogP contribution in [0.3, 0.4) is 0 Å². The average molecular weight is 2040 g/mol. The fourth-order valence-electron chi connectivity index (χ4n) is 13.5. The lowest BCUT2D eigenvalue weighted by molar-refractivity contribution is 0.462. The van der Waals surface area contributed by atoms with Gasteiger partial charge in [0.05, 0.1) is 64.9 Å². The number of H-pyrrole nitrogens is 5. The minimum atomic E-state index is -3.77. The molecule has 0 unspecified atom stereocenters. The quantitative estimate of drug-likeness (QED) is 0.0203. The first-order chi connectivity index (χ1) is 63.8. The molecule has 0 saturated heterocycles. The lowest BCUT2D eigenvalue weighted by atomic mass is 10.0. The van der Waals surface area contributed by atoms with Gasteiger partial charge in [0, 0.05) is 119 Å². The number of nitrogens with one attached hydrogen (secondary N) is 11. The molecule has 0 aliphatic heterocycles. The van der Waals surface area contributed by atoms with Gasteiger partial charge in [-0.1, -0.05) is 56.4 Å². The Balaban J connectivity index is 0.000000272. The molecule has 0 radical (unpaired) electrons. The van der Waals surface area contributed by atoms with E-state index in [2.05, 4.69) is 139 Å². The largest absolute Gasteiger partial charge is 0.323 e. The van der Waals surface area contributed by atoms with Gasteiger partial charge in [-0.05, 0) is 185 Å². The molecule has 0 atom stereocenters. The van der Waals surface area contributed by atoms with Crippen LogP contribution in [-0.2, 0) is 49.9 Å². The summed E-state index contributed by atoms with van der Waals surface area (Å²) < 4.78 is 121. The molecule has 5 saturated carbocycles. The van der Waals surface area contributed by atoms with Crippen molar-refractivity contribution in [1.29, 1.82) is 0 Å². The molecule has 5 fully saturated rings. The monoisotopic (exact) mass is 2030 g/mol. The van der Waals surface area contributed by atoms with E-state index in [0.717, 1.165) is 85.3 Å². The van der Waals surface area contributed by atoms with Crippen LogP contribution in [0.5, 0.6) is 0 Å². The number of thiophene rings is 4. The summed E-state index contributed by atoms with van der Waals surface area (Å²) in [6.45, 7) is 18.4. The van der Waals surface area contributed by atoms with Gasteiger partial charge >= 0.3 is 0 Å². The number of aromatic amines is 5. The van der Waals surface area contributed by atoms with E-state index in [9.17, 15) is 42.1 Å². The zero-order valence-corrected chi connectivity index (χ0v) is 82.7. The Bertz CT molecular complexity index is 7540. The van der Waals surface area contributed by atoms with Crippen molar-refractivity contribution in [3.05, 3.63) is 182 Å². The number of hydrogen-bond donors (Lipinski definition) is 14. The van der Waals surface area contributed by atoms with Crippen molar-refractivity contribution in [2.45, 2.75) is 185 Å². The molecule has 0 spiro atoms. The van der Waals surface area contributed by atoms with E-state index in [4.69, 9.17) is 39.9 Å². The molecule has 14 aromatic rings. The maximum absolute atomic E-state index is 12.6. The van der Waals surface area contributed by atoms with E-state index in [-0.39, 0.29) is 46.6 Å². The SMILES string of the molecule is C#Cc1c(C)nc(-c2ccc(S(=O)(=O)NC(C)(C)C)s2)nc1Nc1cc(C2CC2)[nH]n1.C#Cc1c(C)nc(-c2ccc(S(N)(=O)=O)s2)nc1Nc1cc(C2CC2)[nH]n1.CC(C)(C)CS(=O)(=O)C/C=C/c1cccc(Nc2cc(C3CC3)[nH]n2)n1.Cc1cc(Nc2cc(C3CC3)[nH]n2)nc(-c2ccc(S(N)(=O)=O)s2)n1.Cc1nc(-c2ccc(S(N)(=O)=O)s2)nc(Nc2cc(C3CC3)[nH]n2)c1Cl.[HH].[HH].[HH].[HH].[HH].[HH].[HH].[HH].[HH]. The third-order valence-electron chi connectivity index (χ3n) is 20.5. The van der Waals surface area contributed by atoms with Crippen LogP contribution >= 0.6 is 56.9 Å². The van der Waals surface area contributed by atoms with Gasteiger partial charge < -0.3 is 26.6 Å². The summed E-state index contributed by atoms with van der Waals surface area (Å²) in [5, 5.41) is 68.1. The molecular weight excluding hydrogens is 1920 g/mol. The highest BCUT2D eigenvalue weighted by molar-refractivity contribution is 7.92. The minimum Gasteiger partial charge on any atom is -0.323 e. The van der Waals surface area contributed by atoms with Crippen LogP contribution in [-0.4, -0.2) is 155 Å². The lowest BCUT2D eigenvalue weighted by Gasteiger charge is -2.19. The molecule has 0 bridgehead atoms. The predicted octanol–water partition coefficient (Wildman–Crippen LogP) is 18.2. The smallest absolute Gasteiger partial charge is 0.250 e. The summed E-state index contributed by atoms with van der Waals surface area (Å²) in [6.07, 6.45) is 26.6. The summed E-state index contributed by atoms with van der Waals surface area (Å²) in [5.41, 5.74) is 9.07. The zero-order chi connectivity index (χ0) is 96.4. The van der Waals surface area contributed by atoms with E-state index in [1.54, 1.807) is 84.0 Å². The maximum Gasteiger partial charge on any atom is 0.250 e. The number of anilines is 10. The molecule has 17 N–H and O–H groups in total. The Labute approximate surface area is 814 Å². The fourth-order valence-corrected chi connectivity index (χ4v) is 23.1. The molecule has 5 aliphatic rings. The number of terminal acetylenes is 2. The van der Waals surface area contributed by atoms with Crippen molar-refractivity contribution in [2.24, 2.45) is 20.8 Å². The molecule has 0 aromatic carbocycles. The second-order valence-electron chi connectivity index (χ2n) is 35.0. The first-order valence-corrected chi connectivity index (χ1v) is 54.0. The van der Waals surface area contributed by atoms with Crippen LogP contribution < -0.4 is 46.7 Å². The van der Waals surface area contributed by atoms with Gasteiger partial charge in [0.1, 0.15) is 33.5 Å². The number of pyridine rings is 1. The van der Waals surface area contributed by atoms with E-state index < -0.39 is 55.5 Å². The van der Waals surface area contributed by atoms with Crippen LogP contribution in [0.15, 0.2) is 126 Å². The Morgan fingerprint density at radius 1 is 0.422 bits per heavy atom. The Kier molecular flexibility index (Phi) is 28.8. The summed E-state index contributed by atoms with van der Waals surface area (Å²) in [7, 11) is -18.0. The van der Waals surface area contributed by atoms with E-state index >= 15 is 0 Å². The summed E-state index contributed by atoms with van der Waals surface area (Å²) >= 11 is 10.5. The van der Waals surface area contributed by atoms with Crippen molar-refractivity contribution in [1.82, 2.24) is 101 Å². The molecule has 14 heterocycles. The number of sulfone groups is 1. The number of aromatic nitrogens is 19. The van der Waals surface area contributed by atoms with Crippen molar-refractivity contribution >= 4 is 171 Å². The number of primary sulfonamides is 3. The van der Waals surface area contributed by atoms with Crippen LogP contribution in [0.2, 0.25) is 5.02 Å². The molecule has 724 valence electrons. The summed E-state index contributed by atoms with van der Waals surface area (Å²) in [5.74, 6) is 15.8. The van der Waals surface area contributed by atoms with Crippen molar-refractivity contribution < 1.29 is 54.9 Å².